The van der Waals surface area contributed by atoms with Crippen molar-refractivity contribution in [3.05, 3.63) is 53.5 Å². The molecule has 0 spiro atoms. The zero-order chi connectivity index (χ0) is 15.2. The van der Waals surface area contributed by atoms with E-state index in [0.29, 0.717) is 5.82 Å². The molecule has 0 aliphatic rings. The Kier molecular flexibility index (Phi) is 4.87. The van der Waals surface area contributed by atoms with Crippen LogP contribution >= 0.6 is 0 Å². The van der Waals surface area contributed by atoms with Gasteiger partial charge >= 0.3 is 0 Å². The lowest BCUT2D eigenvalue weighted by Crippen LogP contribution is -2.15. The highest BCUT2D eigenvalue weighted by Crippen LogP contribution is 2.16. The molecule has 1 aromatic carbocycles. The van der Waals surface area contributed by atoms with Crippen LogP contribution in [0.1, 0.15) is 29.4 Å². The van der Waals surface area contributed by atoms with Crippen LogP contribution in [0.2, 0.25) is 0 Å². The lowest BCUT2D eigenvalue weighted by molar-refractivity contribution is 0.102. The minimum atomic E-state index is -0.464. The molecule has 1 aromatic heterocycles. The molecular formula is C16H18FN3O. The van der Waals surface area contributed by atoms with Crippen LogP contribution < -0.4 is 10.6 Å². The molecule has 0 fully saturated rings. The van der Waals surface area contributed by atoms with Crippen molar-refractivity contribution >= 4 is 17.4 Å². The van der Waals surface area contributed by atoms with Crippen molar-refractivity contribution in [2.45, 2.75) is 20.3 Å². The third kappa shape index (κ3) is 4.02. The fourth-order valence-electron chi connectivity index (χ4n) is 1.83. The number of halogens is 1. The number of hydrogen-bond acceptors (Lipinski definition) is 3. The number of nitrogens with one attached hydrogen (secondary N) is 2. The third-order valence-corrected chi connectivity index (χ3v) is 2.91. The van der Waals surface area contributed by atoms with E-state index in [9.17, 15) is 9.18 Å². The summed E-state index contributed by atoms with van der Waals surface area (Å²) in [6, 6.07) is 9.70. The molecule has 0 radical (unpaired) electrons. The Bertz CT molecular complexity index is 643. The summed E-state index contributed by atoms with van der Waals surface area (Å²) in [6.07, 6.45) is 0.965. The molecule has 2 rings (SSSR count). The van der Waals surface area contributed by atoms with E-state index in [1.165, 1.54) is 6.07 Å². The maximum Gasteiger partial charge on any atom is 0.274 e. The zero-order valence-corrected chi connectivity index (χ0v) is 12.1. The molecule has 0 aliphatic carbocycles. The smallest absolute Gasteiger partial charge is 0.274 e. The van der Waals surface area contributed by atoms with Gasteiger partial charge in [-0.3, -0.25) is 4.79 Å². The summed E-state index contributed by atoms with van der Waals surface area (Å²) in [7, 11) is 0. The van der Waals surface area contributed by atoms with Gasteiger partial charge in [0, 0.05) is 6.54 Å². The van der Waals surface area contributed by atoms with Crippen LogP contribution in [-0.2, 0) is 0 Å². The average Bonchev–Trinajstić information content (AvgIpc) is 2.49. The summed E-state index contributed by atoms with van der Waals surface area (Å²) >= 11 is 0. The minimum absolute atomic E-state index is 0.161. The summed E-state index contributed by atoms with van der Waals surface area (Å²) in [5.74, 6) is -0.261. The predicted molar refractivity (Wildman–Crippen MR) is 82.1 cm³/mol. The normalized spacial score (nSPS) is 10.2. The van der Waals surface area contributed by atoms with Gasteiger partial charge < -0.3 is 10.6 Å². The predicted octanol–water partition coefficient (Wildman–Crippen LogP) is 3.60. The molecular weight excluding hydrogens is 269 g/mol. The molecule has 2 N–H and O–H groups in total. The highest BCUT2D eigenvalue weighted by atomic mass is 19.1. The number of anilines is 2. The summed E-state index contributed by atoms with van der Waals surface area (Å²) in [4.78, 5) is 16.3. The van der Waals surface area contributed by atoms with Crippen LogP contribution in [0.5, 0.6) is 0 Å². The number of amides is 1. The number of benzene rings is 1. The number of pyridine rings is 1. The summed E-state index contributed by atoms with van der Waals surface area (Å²) in [5.41, 5.74) is 1.28. The van der Waals surface area contributed by atoms with Crippen molar-refractivity contribution < 1.29 is 9.18 Å². The van der Waals surface area contributed by atoms with Crippen molar-refractivity contribution in [2.75, 3.05) is 17.2 Å². The number of hydrogen-bond donors (Lipinski definition) is 2. The Balaban J connectivity index is 2.14. The Hall–Kier alpha value is -2.43. The Labute approximate surface area is 123 Å². The van der Waals surface area contributed by atoms with Gasteiger partial charge in [0.15, 0.2) is 0 Å². The molecule has 1 amide bonds. The van der Waals surface area contributed by atoms with Crippen molar-refractivity contribution in [2.24, 2.45) is 0 Å². The van der Waals surface area contributed by atoms with Crippen LogP contribution in [-0.4, -0.2) is 17.4 Å². The zero-order valence-electron chi connectivity index (χ0n) is 12.1. The Morgan fingerprint density at radius 1 is 1.29 bits per heavy atom. The van der Waals surface area contributed by atoms with Crippen LogP contribution in [0, 0.1) is 12.7 Å². The first-order valence-electron chi connectivity index (χ1n) is 6.88. The van der Waals surface area contributed by atoms with Crippen LogP contribution in [0.4, 0.5) is 15.9 Å². The highest BCUT2D eigenvalue weighted by Gasteiger charge is 2.11. The second kappa shape index (κ2) is 6.83. The van der Waals surface area contributed by atoms with Crippen LogP contribution in [0.15, 0.2) is 36.4 Å². The van der Waals surface area contributed by atoms with E-state index in [0.717, 1.165) is 18.5 Å². The number of aryl methyl sites for hydroxylation is 1. The fourth-order valence-corrected chi connectivity index (χ4v) is 1.83. The molecule has 0 saturated carbocycles. The monoisotopic (exact) mass is 287 g/mol. The second-order valence-electron chi connectivity index (χ2n) is 4.77. The molecule has 4 nitrogen and oxygen atoms in total. The van der Waals surface area contributed by atoms with Crippen LogP contribution in [0.25, 0.3) is 0 Å². The maximum atomic E-state index is 13.6. The number of nitrogens with zero attached hydrogens (tertiary/aromatic N) is 1. The number of aromatic nitrogens is 1. The lowest BCUT2D eigenvalue weighted by Gasteiger charge is -2.08. The molecule has 1 heterocycles. The minimum Gasteiger partial charge on any atom is -0.370 e. The molecule has 0 atom stereocenters. The highest BCUT2D eigenvalue weighted by molar-refractivity contribution is 6.03. The topological polar surface area (TPSA) is 54.0 Å². The van der Waals surface area contributed by atoms with Crippen molar-refractivity contribution in [1.82, 2.24) is 4.98 Å². The maximum absolute atomic E-state index is 13.6. The first-order chi connectivity index (χ1) is 10.1. The van der Waals surface area contributed by atoms with Gasteiger partial charge in [-0.2, -0.15) is 0 Å². The van der Waals surface area contributed by atoms with E-state index < -0.39 is 11.7 Å². The number of carbonyl (C=O) groups is 1. The van der Waals surface area contributed by atoms with Gasteiger partial charge in [-0.15, -0.1) is 0 Å². The summed E-state index contributed by atoms with van der Waals surface area (Å²) in [5, 5.41) is 5.66. The van der Waals surface area contributed by atoms with E-state index in [4.69, 9.17) is 0 Å². The number of rotatable bonds is 5. The molecule has 0 saturated heterocycles. The fraction of sp³-hybridized carbons (Fsp3) is 0.250. The van der Waals surface area contributed by atoms with Gasteiger partial charge in [-0.1, -0.05) is 19.1 Å². The second-order valence-corrected chi connectivity index (χ2v) is 4.77. The van der Waals surface area contributed by atoms with Gasteiger partial charge in [0.05, 0.1) is 5.69 Å². The van der Waals surface area contributed by atoms with E-state index in [1.807, 2.05) is 13.8 Å². The van der Waals surface area contributed by atoms with Gasteiger partial charge in [-0.25, -0.2) is 9.37 Å². The van der Waals surface area contributed by atoms with Gasteiger partial charge in [0.2, 0.25) is 0 Å². The SMILES string of the molecule is CCCNc1cccc(C(=O)Nc2cc(C)ccc2F)n1. The standard InChI is InChI=1S/C16H18FN3O/c1-3-9-18-15-6-4-5-13(19-15)16(21)20-14-10-11(2)7-8-12(14)17/h4-8,10H,3,9H2,1-2H3,(H,18,19)(H,20,21). The molecule has 0 unspecified atom stereocenters. The van der Waals surface area contributed by atoms with E-state index in [-0.39, 0.29) is 11.4 Å². The lowest BCUT2D eigenvalue weighted by atomic mass is 10.2. The van der Waals surface area contributed by atoms with Crippen LogP contribution in [0.3, 0.4) is 0 Å². The molecule has 2 aromatic rings. The molecule has 0 aliphatic heterocycles. The molecule has 21 heavy (non-hydrogen) atoms. The first-order valence-corrected chi connectivity index (χ1v) is 6.88. The first kappa shape index (κ1) is 15.0. The van der Waals surface area contributed by atoms with Crippen molar-refractivity contribution in [1.29, 1.82) is 0 Å². The third-order valence-electron chi connectivity index (χ3n) is 2.91. The van der Waals surface area contributed by atoms with E-state index in [2.05, 4.69) is 15.6 Å². The summed E-state index contributed by atoms with van der Waals surface area (Å²) in [6.45, 7) is 4.66. The van der Waals surface area contributed by atoms with E-state index >= 15 is 0 Å². The van der Waals surface area contributed by atoms with Gasteiger partial charge in [0.25, 0.3) is 5.91 Å². The molecule has 110 valence electrons. The van der Waals surface area contributed by atoms with Gasteiger partial charge in [0.1, 0.15) is 17.3 Å². The number of carbonyl (C=O) groups excluding carboxylic acids is 1. The van der Waals surface area contributed by atoms with Gasteiger partial charge in [-0.05, 0) is 43.2 Å². The molecule has 5 heteroatoms. The Morgan fingerprint density at radius 3 is 2.86 bits per heavy atom. The van der Waals surface area contributed by atoms with Crippen molar-refractivity contribution in [3.8, 4) is 0 Å². The quantitative estimate of drug-likeness (QED) is 0.883. The molecule has 0 bridgehead atoms. The Morgan fingerprint density at radius 2 is 2.10 bits per heavy atom. The average molecular weight is 287 g/mol. The largest absolute Gasteiger partial charge is 0.370 e. The summed E-state index contributed by atoms with van der Waals surface area (Å²) < 4.78 is 13.6. The van der Waals surface area contributed by atoms with Crippen molar-refractivity contribution in [3.63, 3.8) is 0 Å². The van der Waals surface area contributed by atoms with E-state index in [1.54, 1.807) is 30.3 Å².